The van der Waals surface area contributed by atoms with Crippen molar-refractivity contribution in [3.8, 4) is 5.75 Å². The number of nitrogens with zero attached hydrogens (tertiary/aromatic N) is 1. The number of aromatic nitrogens is 1. The summed E-state index contributed by atoms with van der Waals surface area (Å²) < 4.78 is 5.58. The van der Waals surface area contributed by atoms with Gasteiger partial charge in [0.2, 0.25) is 0 Å². The Labute approximate surface area is 120 Å². The highest BCUT2D eigenvalue weighted by Crippen LogP contribution is 2.32. The van der Waals surface area contributed by atoms with Crippen LogP contribution in [0.15, 0.2) is 42.7 Å². The average Bonchev–Trinajstić information content (AvgIpc) is 2.45. The van der Waals surface area contributed by atoms with E-state index in [0.717, 1.165) is 23.1 Å². The Morgan fingerprint density at radius 1 is 1.25 bits per heavy atom. The third-order valence-corrected chi connectivity index (χ3v) is 3.42. The molecule has 1 unspecified atom stereocenters. The Balaban J connectivity index is 2.36. The molecule has 1 aromatic carbocycles. The van der Waals surface area contributed by atoms with Gasteiger partial charge < -0.3 is 9.84 Å². The van der Waals surface area contributed by atoms with Gasteiger partial charge in [-0.05, 0) is 37.5 Å². The summed E-state index contributed by atoms with van der Waals surface area (Å²) in [6.45, 7) is 6.49. The van der Waals surface area contributed by atoms with Gasteiger partial charge in [0.25, 0.3) is 0 Å². The van der Waals surface area contributed by atoms with Crippen molar-refractivity contribution in [1.29, 1.82) is 0 Å². The van der Waals surface area contributed by atoms with Crippen molar-refractivity contribution in [2.75, 3.05) is 6.61 Å². The molecule has 0 aliphatic rings. The van der Waals surface area contributed by atoms with Crippen LogP contribution < -0.4 is 4.74 Å². The van der Waals surface area contributed by atoms with Crippen LogP contribution in [-0.2, 0) is 5.60 Å². The lowest BCUT2D eigenvalue weighted by molar-refractivity contribution is 0.101. The summed E-state index contributed by atoms with van der Waals surface area (Å²) in [5.74, 6) is 0.693. The minimum atomic E-state index is -1.08. The number of rotatable bonds is 5. The molecule has 0 fully saturated rings. The van der Waals surface area contributed by atoms with Crippen molar-refractivity contribution in [2.45, 2.75) is 32.8 Å². The quantitative estimate of drug-likeness (QED) is 0.906. The predicted octanol–water partition coefficient (Wildman–Crippen LogP) is 3.43. The van der Waals surface area contributed by atoms with E-state index in [2.05, 4.69) is 11.9 Å². The molecule has 1 atom stereocenters. The Hall–Kier alpha value is -1.87. The molecule has 0 aliphatic heterocycles. The number of ether oxygens (including phenoxy) is 1. The van der Waals surface area contributed by atoms with Crippen molar-refractivity contribution in [3.63, 3.8) is 0 Å². The first-order chi connectivity index (χ1) is 9.55. The van der Waals surface area contributed by atoms with Gasteiger partial charge >= 0.3 is 0 Å². The third kappa shape index (κ3) is 2.99. The molecule has 0 saturated carbocycles. The van der Waals surface area contributed by atoms with E-state index in [9.17, 15) is 5.11 Å². The van der Waals surface area contributed by atoms with Gasteiger partial charge in [-0.2, -0.15) is 0 Å². The first kappa shape index (κ1) is 14.5. The van der Waals surface area contributed by atoms with Crippen LogP contribution in [-0.4, -0.2) is 16.7 Å². The fourth-order valence-corrected chi connectivity index (χ4v) is 2.26. The molecule has 3 heteroatoms. The van der Waals surface area contributed by atoms with Crippen LogP contribution in [0.5, 0.6) is 5.75 Å². The second-order valence-electron chi connectivity index (χ2n) is 5.14. The summed E-state index contributed by atoms with van der Waals surface area (Å²) in [5, 5.41) is 10.9. The zero-order valence-corrected chi connectivity index (χ0v) is 12.3. The molecule has 1 heterocycles. The van der Waals surface area contributed by atoms with E-state index >= 15 is 0 Å². The third-order valence-electron chi connectivity index (χ3n) is 3.42. The predicted molar refractivity (Wildman–Crippen MR) is 79.9 cm³/mol. The molecule has 1 aromatic heterocycles. The molecule has 0 radical (unpaired) electrons. The molecule has 0 amide bonds. The Kier molecular flexibility index (Phi) is 4.40. The van der Waals surface area contributed by atoms with E-state index in [1.807, 2.05) is 37.3 Å². The normalized spacial score (nSPS) is 13.8. The molecule has 0 saturated heterocycles. The van der Waals surface area contributed by atoms with Crippen molar-refractivity contribution >= 4 is 0 Å². The van der Waals surface area contributed by atoms with Crippen molar-refractivity contribution in [3.05, 3.63) is 59.4 Å². The summed E-state index contributed by atoms with van der Waals surface area (Å²) in [6.07, 6.45) is 4.30. The van der Waals surface area contributed by atoms with E-state index in [4.69, 9.17) is 4.74 Å². The molecule has 0 spiro atoms. The molecule has 3 nitrogen and oxygen atoms in total. The van der Waals surface area contributed by atoms with E-state index < -0.39 is 5.60 Å². The number of pyridine rings is 1. The zero-order valence-electron chi connectivity index (χ0n) is 12.3. The second-order valence-corrected chi connectivity index (χ2v) is 5.14. The SMILES string of the molecule is CCCOc1cncc(C(C)(O)c2ccccc2C)c1. The lowest BCUT2D eigenvalue weighted by atomic mass is 9.86. The Morgan fingerprint density at radius 3 is 2.70 bits per heavy atom. The highest BCUT2D eigenvalue weighted by atomic mass is 16.5. The molecule has 20 heavy (non-hydrogen) atoms. The van der Waals surface area contributed by atoms with E-state index in [1.165, 1.54) is 0 Å². The molecule has 0 aliphatic carbocycles. The first-order valence-corrected chi connectivity index (χ1v) is 6.92. The van der Waals surface area contributed by atoms with Crippen molar-refractivity contribution < 1.29 is 9.84 Å². The van der Waals surface area contributed by atoms with Gasteiger partial charge in [-0.25, -0.2) is 0 Å². The molecule has 106 valence electrons. The molecule has 0 bridgehead atoms. The van der Waals surface area contributed by atoms with Crippen LogP contribution in [0.25, 0.3) is 0 Å². The van der Waals surface area contributed by atoms with Crippen LogP contribution in [0.3, 0.4) is 0 Å². The van der Waals surface area contributed by atoms with Gasteiger partial charge in [0.15, 0.2) is 0 Å². The summed E-state index contributed by atoms with van der Waals surface area (Å²) >= 11 is 0. The maximum atomic E-state index is 10.9. The number of aryl methyl sites for hydroxylation is 1. The average molecular weight is 271 g/mol. The summed E-state index contributed by atoms with van der Waals surface area (Å²) in [7, 11) is 0. The van der Waals surface area contributed by atoms with Gasteiger partial charge in [0.05, 0.1) is 12.8 Å². The topological polar surface area (TPSA) is 42.4 Å². The number of hydrogen-bond acceptors (Lipinski definition) is 3. The lowest BCUT2D eigenvalue weighted by Crippen LogP contribution is -2.24. The number of benzene rings is 1. The monoisotopic (exact) mass is 271 g/mol. The van der Waals surface area contributed by atoms with Gasteiger partial charge in [-0.1, -0.05) is 31.2 Å². The van der Waals surface area contributed by atoms with Crippen molar-refractivity contribution in [2.24, 2.45) is 0 Å². The van der Waals surface area contributed by atoms with Gasteiger partial charge in [0.1, 0.15) is 11.4 Å². The van der Waals surface area contributed by atoms with Crippen LogP contribution in [0, 0.1) is 6.92 Å². The minimum Gasteiger partial charge on any atom is -0.492 e. The fraction of sp³-hybridized carbons (Fsp3) is 0.353. The van der Waals surface area contributed by atoms with Crippen LogP contribution in [0.4, 0.5) is 0 Å². The second kappa shape index (κ2) is 6.06. The maximum absolute atomic E-state index is 10.9. The summed E-state index contributed by atoms with van der Waals surface area (Å²) in [5.41, 5.74) is 1.59. The van der Waals surface area contributed by atoms with Crippen LogP contribution in [0.2, 0.25) is 0 Å². The lowest BCUT2D eigenvalue weighted by Gasteiger charge is -2.26. The van der Waals surface area contributed by atoms with E-state index in [1.54, 1.807) is 19.3 Å². The highest BCUT2D eigenvalue weighted by Gasteiger charge is 2.27. The van der Waals surface area contributed by atoms with Crippen LogP contribution >= 0.6 is 0 Å². The summed E-state index contributed by atoms with van der Waals surface area (Å²) in [6, 6.07) is 9.69. The van der Waals surface area contributed by atoms with Gasteiger partial charge in [0, 0.05) is 11.8 Å². The Morgan fingerprint density at radius 2 is 2.00 bits per heavy atom. The van der Waals surface area contributed by atoms with Gasteiger partial charge in [-0.15, -0.1) is 0 Å². The van der Waals surface area contributed by atoms with Gasteiger partial charge in [-0.3, -0.25) is 4.98 Å². The molecule has 2 aromatic rings. The molecular weight excluding hydrogens is 250 g/mol. The molecule has 1 N–H and O–H groups in total. The number of aliphatic hydroxyl groups is 1. The van der Waals surface area contributed by atoms with Crippen LogP contribution in [0.1, 0.15) is 37.0 Å². The number of hydrogen-bond donors (Lipinski definition) is 1. The molecular formula is C17H21NO2. The maximum Gasteiger partial charge on any atom is 0.137 e. The first-order valence-electron chi connectivity index (χ1n) is 6.92. The molecule has 2 rings (SSSR count). The highest BCUT2D eigenvalue weighted by molar-refractivity contribution is 5.40. The smallest absolute Gasteiger partial charge is 0.137 e. The van der Waals surface area contributed by atoms with Crippen molar-refractivity contribution in [1.82, 2.24) is 4.98 Å². The standard InChI is InChI=1S/C17H21NO2/c1-4-9-20-15-10-14(11-18-12-15)17(3,19)16-8-6-5-7-13(16)2/h5-8,10-12,19H,4,9H2,1-3H3. The van der Waals surface area contributed by atoms with E-state index in [0.29, 0.717) is 12.4 Å². The zero-order chi connectivity index (χ0) is 14.6. The Bertz CT molecular complexity index is 579. The summed E-state index contributed by atoms with van der Waals surface area (Å²) in [4.78, 5) is 4.17. The van der Waals surface area contributed by atoms with E-state index in [-0.39, 0.29) is 0 Å². The minimum absolute atomic E-state index is 0.650. The fourth-order valence-electron chi connectivity index (χ4n) is 2.26. The largest absolute Gasteiger partial charge is 0.492 e.